The van der Waals surface area contributed by atoms with Crippen molar-refractivity contribution in [2.45, 2.75) is 97.2 Å². The molecule has 1 aromatic carbocycles. The zero-order valence-electron chi connectivity index (χ0n) is 22.5. The fourth-order valence-electron chi connectivity index (χ4n) is 8.39. The zero-order chi connectivity index (χ0) is 27.0. The lowest BCUT2D eigenvalue weighted by Gasteiger charge is -2.59. The van der Waals surface area contributed by atoms with E-state index in [2.05, 4.69) is 19.2 Å². The van der Waals surface area contributed by atoms with E-state index in [1.807, 2.05) is 26.8 Å². The molecule has 37 heavy (non-hydrogen) atoms. The van der Waals surface area contributed by atoms with Gasteiger partial charge in [0.05, 0.1) is 11.6 Å². The molecule has 1 heterocycles. The highest BCUT2D eigenvalue weighted by atomic mass is 19.4. The first-order valence-corrected chi connectivity index (χ1v) is 13.7. The van der Waals surface area contributed by atoms with Crippen LogP contribution in [0.4, 0.5) is 23.7 Å². The predicted octanol–water partition coefficient (Wildman–Crippen LogP) is 7.93. The number of alkyl halides is 3. The van der Waals surface area contributed by atoms with Gasteiger partial charge >= 0.3 is 12.2 Å². The van der Waals surface area contributed by atoms with E-state index < -0.39 is 29.1 Å². The van der Waals surface area contributed by atoms with Gasteiger partial charge in [-0.2, -0.15) is 13.2 Å². The fourth-order valence-corrected chi connectivity index (χ4v) is 8.39. The van der Waals surface area contributed by atoms with Crippen LogP contribution in [0.1, 0.15) is 90.7 Å². The summed E-state index contributed by atoms with van der Waals surface area (Å²) in [5.41, 5.74) is -0.562. The number of urea groups is 1. The number of benzene rings is 1. The molecule has 0 saturated heterocycles. The number of amides is 3. The summed E-state index contributed by atoms with van der Waals surface area (Å²) in [7, 11) is 0. The van der Waals surface area contributed by atoms with Gasteiger partial charge in [0.25, 0.3) is 5.91 Å². The number of fused-ring (bicyclic) bond motifs is 5. The van der Waals surface area contributed by atoms with Crippen LogP contribution in [0.15, 0.2) is 30.4 Å². The Hall–Kier alpha value is -2.31. The van der Waals surface area contributed by atoms with Crippen LogP contribution in [0, 0.1) is 28.6 Å². The minimum atomic E-state index is -4.54. The third-order valence-electron chi connectivity index (χ3n) is 10.3. The van der Waals surface area contributed by atoms with Gasteiger partial charge in [0.15, 0.2) is 0 Å². The first-order valence-electron chi connectivity index (χ1n) is 13.7. The Morgan fingerprint density at radius 3 is 2.43 bits per heavy atom. The predicted molar refractivity (Wildman–Crippen MR) is 138 cm³/mol. The van der Waals surface area contributed by atoms with Crippen LogP contribution in [-0.2, 0) is 16.4 Å². The summed E-state index contributed by atoms with van der Waals surface area (Å²) in [6, 6.07) is 2.51. The highest BCUT2D eigenvalue weighted by Gasteiger charge is 2.59. The molecule has 0 unspecified atom stereocenters. The Labute approximate surface area is 218 Å². The number of carbonyl (C=O) groups excluding carboxylic acids is 2. The van der Waals surface area contributed by atoms with Crippen LogP contribution in [-0.4, -0.2) is 22.9 Å². The summed E-state index contributed by atoms with van der Waals surface area (Å²) in [5, 5.41) is 2.73. The van der Waals surface area contributed by atoms with Gasteiger partial charge in [0.2, 0.25) is 0 Å². The molecule has 0 bridgehead atoms. The van der Waals surface area contributed by atoms with Gasteiger partial charge in [0.1, 0.15) is 0 Å². The molecule has 1 aliphatic heterocycles. The molecule has 0 spiro atoms. The number of nitrogens with zero attached hydrogens (tertiary/aromatic N) is 1. The van der Waals surface area contributed by atoms with Gasteiger partial charge in [0, 0.05) is 17.2 Å². The average Bonchev–Trinajstić information content (AvgIpc) is 3.20. The molecule has 6 atom stereocenters. The van der Waals surface area contributed by atoms with Crippen molar-refractivity contribution in [3.8, 4) is 0 Å². The normalized spacial score (nSPS) is 35.6. The van der Waals surface area contributed by atoms with Gasteiger partial charge in [-0.15, -0.1) is 0 Å². The lowest BCUT2D eigenvalue weighted by molar-refractivity contribution is -0.137. The number of imide groups is 1. The summed E-state index contributed by atoms with van der Waals surface area (Å²) < 4.78 is 40.5. The maximum Gasteiger partial charge on any atom is 0.416 e. The van der Waals surface area contributed by atoms with E-state index in [9.17, 15) is 22.8 Å². The second kappa shape index (κ2) is 8.60. The lowest BCUT2D eigenvalue weighted by Crippen LogP contribution is -2.62. The average molecular weight is 517 g/mol. The highest BCUT2D eigenvalue weighted by Crippen LogP contribution is 2.64. The van der Waals surface area contributed by atoms with Crippen molar-refractivity contribution in [3.05, 3.63) is 41.5 Å². The summed E-state index contributed by atoms with van der Waals surface area (Å²) >= 11 is 0. The number of rotatable bonds is 1. The van der Waals surface area contributed by atoms with E-state index >= 15 is 0 Å². The van der Waals surface area contributed by atoms with Crippen LogP contribution < -0.4 is 5.32 Å². The van der Waals surface area contributed by atoms with E-state index in [0.29, 0.717) is 28.7 Å². The van der Waals surface area contributed by atoms with E-state index in [4.69, 9.17) is 0 Å². The van der Waals surface area contributed by atoms with Crippen molar-refractivity contribution < 1.29 is 22.8 Å². The van der Waals surface area contributed by atoms with Gasteiger partial charge < -0.3 is 5.32 Å². The van der Waals surface area contributed by atoms with Crippen LogP contribution in [0.2, 0.25) is 0 Å². The number of carbonyl (C=O) groups is 2. The molecule has 7 heteroatoms. The SMILES string of the molecule is CC(C)(C)c1ccc(C(F)(F)F)cc1NC(=O)N1C(=O)C=C[C@]2(C)[C@H]3CC[C@]4(C)CCC[C@H]4[C@@H]3CC[C@@H]12. The topological polar surface area (TPSA) is 49.4 Å². The first-order chi connectivity index (χ1) is 17.1. The number of hydrogen-bond acceptors (Lipinski definition) is 2. The summed E-state index contributed by atoms with van der Waals surface area (Å²) in [4.78, 5) is 28.1. The smallest absolute Gasteiger partial charge is 0.307 e. The van der Waals surface area contributed by atoms with E-state index in [1.165, 1.54) is 42.7 Å². The Morgan fingerprint density at radius 1 is 1.03 bits per heavy atom. The molecular formula is C30H39F3N2O2. The molecular weight excluding hydrogens is 477 g/mol. The summed E-state index contributed by atoms with van der Waals surface area (Å²) in [5.74, 6) is 1.27. The first kappa shape index (κ1) is 26.3. The third-order valence-corrected chi connectivity index (χ3v) is 10.3. The van der Waals surface area contributed by atoms with E-state index in [1.54, 1.807) is 0 Å². The monoisotopic (exact) mass is 516 g/mol. The van der Waals surface area contributed by atoms with Crippen molar-refractivity contribution in [1.82, 2.24) is 4.90 Å². The molecule has 0 radical (unpaired) electrons. The quantitative estimate of drug-likeness (QED) is 0.412. The van der Waals surface area contributed by atoms with E-state index in [0.717, 1.165) is 31.4 Å². The molecule has 3 aliphatic carbocycles. The summed E-state index contributed by atoms with van der Waals surface area (Å²) in [6.45, 7) is 10.3. The molecule has 5 rings (SSSR count). The molecule has 202 valence electrons. The largest absolute Gasteiger partial charge is 0.416 e. The number of halogens is 3. The highest BCUT2D eigenvalue weighted by molar-refractivity contribution is 6.06. The fraction of sp³-hybridized carbons (Fsp3) is 0.667. The van der Waals surface area contributed by atoms with Crippen LogP contribution >= 0.6 is 0 Å². The second-order valence-corrected chi connectivity index (χ2v) is 13.4. The Morgan fingerprint density at radius 2 is 1.76 bits per heavy atom. The van der Waals surface area contributed by atoms with Crippen molar-refractivity contribution in [2.24, 2.45) is 28.6 Å². The molecule has 3 amide bonds. The van der Waals surface area contributed by atoms with E-state index in [-0.39, 0.29) is 17.1 Å². The van der Waals surface area contributed by atoms with Crippen LogP contribution in [0.25, 0.3) is 0 Å². The molecule has 1 N–H and O–H groups in total. The number of hydrogen-bond donors (Lipinski definition) is 1. The Bertz CT molecular complexity index is 1140. The zero-order valence-corrected chi connectivity index (χ0v) is 22.5. The minimum absolute atomic E-state index is 0.101. The van der Waals surface area contributed by atoms with Crippen molar-refractivity contribution in [2.75, 3.05) is 5.32 Å². The second-order valence-electron chi connectivity index (χ2n) is 13.4. The van der Waals surface area contributed by atoms with Crippen molar-refractivity contribution >= 4 is 17.6 Å². The molecule has 1 aromatic rings. The Balaban J connectivity index is 1.46. The maximum absolute atomic E-state index is 13.7. The Kier molecular flexibility index (Phi) is 6.12. The van der Waals surface area contributed by atoms with Crippen molar-refractivity contribution in [3.63, 3.8) is 0 Å². The van der Waals surface area contributed by atoms with Gasteiger partial charge in [-0.25, -0.2) is 4.79 Å². The van der Waals surface area contributed by atoms with Gasteiger partial charge in [-0.3, -0.25) is 9.69 Å². The number of nitrogens with one attached hydrogen (secondary N) is 1. The van der Waals surface area contributed by atoms with Crippen LogP contribution in [0.3, 0.4) is 0 Å². The van der Waals surface area contributed by atoms with Crippen molar-refractivity contribution in [1.29, 1.82) is 0 Å². The molecule has 4 nitrogen and oxygen atoms in total. The third kappa shape index (κ3) is 4.30. The lowest BCUT2D eigenvalue weighted by atomic mass is 9.48. The van der Waals surface area contributed by atoms with Gasteiger partial charge in [-0.1, -0.05) is 53.2 Å². The van der Waals surface area contributed by atoms with Gasteiger partial charge in [-0.05, 0) is 84.8 Å². The maximum atomic E-state index is 13.7. The molecule has 3 saturated carbocycles. The molecule has 4 aliphatic rings. The van der Waals surface area contributed by atoms with Crippen LogP contribution in [0.5, 0.6) is 0 Å². The molecule has 3 fully saturated rings. The minimum Gasteiger partial charge on any atom is -0.307 e. The molecule has 0 aromatic heterocycles. The standard InChI is InChI=1S/C30H39F3N2O2/c1-27(2,3)22-10-8-18(30(31,32)33)17-23(22)34-26(37)35-24-11-9-19-20-7-6-14-28(20,4)15-12-21(19)29(24,5)16-13-25(35)36/h8,10,13,16-17,19-21,24H,6-7,9,11-12,14-15H2,1-5H3,(H,34,37)/t19-,20-,21-,24+,28-,29+/m0/s1. The number of anilines is 1. The summed E-state index contributed by atoms with van der Waals surface area (Å²) in [6.07, 6.45) is 6.80.